The Balaban J connectivity index is 1.61. The molecule has 1 aromatic carbocycles. The summed E-state index contributed by atoms with van der Waals surface area (Å²) >= 11 is 5.82. The number of aryl methyl sites for hydroxylation is 2. The standard InChI is InChI=1S/C18H22ClN5O3/c1-3-23-12-15(13(2)20-23)11-21-6-8-22(9-7-21)18(25)14-4-5-16(19)17(10-14)24(26)27/h4-5,10,12H,3,6-9,11H2,1-2H3. The molecule has 8 nitrogen and oxygen atoms in total. The fourth-order valence-electron chi connectivity index (χ4n) is 3.19. The van der Waals surface area contributed by atoms with Gasteiger partial charge in [-0.2, -0.15) is 5.10 Å². The van der Waals surface area contributed by atoms with Crippen molar-refractivity contribution >= 4 is 23.2 Å². The summed E-state index contributed by atoms with van der Waals surface area (Å²) < 4.78 is 1.93. The molecule has 1 aromatic heterocycles. The van der Waals surface area contributed by atoms with Crippen molar-refractivity contribution in [3.05, 3.63) is 56.4 Å². The number of benzene rings is 1. The Morgan fingerprint density at radius 1 is 1.30 bits per heavy atom. The molecular weight excluding hydrogens is 370 g/mol. The number of nitro benzene ring substituents is 1. The van der Waals surface area contributed by atoms with Crippen LogP contribution in [0.3, 0.4) is 0 Å². The Labute approximate surface area is 162 Å². The van der Waals surface area contributed by atoms with Gasteiger partial charge >= 0.3 is 0 Å². The number of nitro groups is 1. The van der Waals surface area contributed by atoms with E-state index in [-0.39, 0.29) is 16.6 Å². The summed E-state index contributed by atoms with van der Waals surface area (Å²) in [5.41, 5.74) is 2.28. The quantitative estimate of drug-likeness (QED) is 0.578. The van der Waals surface area contributed by atoms with Crippen molar-refractivity contribution in [2.24, 2.45) is 0 Å². The third-order valence-electron chi connectivity index (χ3n) is 4.82. The second-order valence-electron chi connectivity index (χ2n) is 6.59. The number of rotatable bonds is 5. The molecule has 1 aliphatic rings. The van der Waals surface area contributed by atoms with Gasteiger partial charge in [0.1, 0.15) is 5.02 Å². The Bertz CT molecular complexity index is 859. The first-order chi connectivity index (χ1) is 12.9. The van der Waals surface area contributed by atoms with Gasteiger partial charge in [0.2, 0.25) is 0 Å². The number of piperazine rings is 1. The lowest BCUT2D eigenvalue weighted by Gasteiger charge is -2.34. The van der Waals surface area contributed by atoms with Crippen molar-refractivity contribution in [2.75, 3.05) is 26.2 Å². The lowest BCUT2D eigenvalue weighted by Crippen LogP contribution is -2.48. The fraction of sp³-hybridized carbons (Fsp3) is 0.444. The first-order valence-corrected chi connectivity index (χ1v) is 9.25. The highest BCUT2D eigenvalue weighted by Crippen LogP contribution is 2.26. The van der Waals surface area contributed by atoms with Crippen LogP contribution in [0.25, 0.3) is 0 Å². The molecule has 1 fully saturated rings. The average Bonchev–Trinajstić information content (AvgIpc) is 3.01. The summed E-state index contributed by atoms with van der Waals surface area (Å²) in [6, 6.07) is 4.18. The van der Waals surface area contributed by atoms with E-state index in [0.717, 1.165) is 31.9 Å². The number of amides is 1. The highest BCUT2D eigenvalue weighted by Gasteiger charge is 2.25. The molecule has 0 N–H and O–H groups in total. The van der Waals surface area contributed by atoms with E-state index < -0.39 is 4.92 Å². The predicted molar refractivity (Wildman–Crippen MR) is 102 cm³/mol. The van der Waals surface area contributed by atoms with Crippen LogP contribution < -0.4 is 0 Å². The number of aromatic nitrogens is 2. The van der Waals surface area contributed by atoms with Gasteiger partial charge in [-0.05, 0) is 26.0 Å². The minimum atomic E-state index is -0.574. The molecule has 0 unspecified atom stereocenters. The number of carbonyl (C=O) groups excluding carboxylic acids is 1. The SMILES string of the molecule is CCn1cc(CN2CCN(C(=O)c3ccc(Cl)c([N+](=O)[O-])c3)CC2)c(C)n1. The molecule has 2 heterocycles. The van der Waals surface area contributed by atoms with E-state index in [4.69, 9.17) is 11.6 Å². The van der Waals surface area contributed by atoms with E-state index >= 15 is 0 Å². The molecule has 1 aliphatic heterocycles. The van der Waals surface area contributed by atoms with Gasteiger partial charge in [-0.1, -0.05) is 11.6 Å². The second kappa shape index (κ2) is 8.06. The number of nitrogens with zero attached hydrogens (tertiary/aromatic N) is 5. The van der Waals surface area contributed by atoms with Gasteiger partial charge in [-0.15, -0.1) is 0 Å². The number of halogens is 1. The van der Waals surface area contributed by atoms with Crippen LogP contribution in [0.4, 0.5) is 5.69 Å². The van der Waals surface area contributed by atoms with Crippen molar-refractivity contribution in [1.82, 2.24) is 19.6 Å². The summed E-state index contributed by atoms with van der Waals surface area (Å²) in [6.45, 7) is 8.37. The van der Waals surface area contributed by atoms with E-state index in [1.165, 1.54) is 23.8 Å². The smallest absolute Gasteiger partial charge is 0.288 e. The minimum Gasteiger partial charge on any atom is -0.336 e. The number of carbonyl (C=O) groups is 1. The van der Waals surface area contributed by atoms with Crippen LogP contribution in [-0.4, -0.2) is 56.6 Å². The van der Waals surface area contributed by atoms with Crippen LogP contribution in [0.15, 0.2) is 24.4 Å². The molecule has 0 radical (unpaired) electrons. The average molecular weight is 392 g/mol. The zero-order valence-corrected chi connectivity index (χ0v) is 16.1. The van der Waals surface area contributed by atoms with Crippen molar-refractivity contribution in [3.63, 3.8) is 0 Å². The summed E-state index contributed by atoms with van der Waals surface area (Å²) in [5.74, 6) is -0.204. The number of hydrogen-bond donors (Lipinski definition) is 0. The summed E-state index contributed by atoms with van der Waals surface area (Å²) in [7, 11) is 0. The van der Waals surface area contributed by atoms with E-state index in [9.17, 15) is 14.9 Å². The van der Waals surface area contributed by atoms with Gasteiger partial charge < -0.3 is 4.90 Å². The maximum Gasteiger partial charge on any atom is 0.288 e. The lowest BCUT2D eigenvalue weighted by atomic mass is 10.1. The van der Waals surface area contributed by atoms with Gasteiger partial charge in [0.25, 0.3) is 11.6 Å². The Hall–Kier alpha value is -2.45. The maximum atomic E-state index is 12.7. The van der Waals surface area contributed by atoms with Gasteiger partial charge in [-0.25, -0.2) is 0 Å². The van der Waals surface area contributed by atoms with Crippen molar-refractivity contribution in [1.29, 1.82) is 0 Å². The first-order valence-electron chi connectivity index (χ1n) is 8.87. The topological polar surface area (TPSA) is 84.5 Å². The molecule has 0 atom stereocenters. The Morgan fingerprint density at radius 3 is 2.59 bits per heavy atom. The van der Waals surface area contributed by atoms with Crippen molar-refractivity contribution in [3.8, 4) is 0 Å². The van der Waals surface area contributed by atoms with Crippen LogP contribution in [0, 0.1) is 17.0 Å². The molecular formula is C18H22ClN5O3. The van der Waals surface area contributed by atoms with E-state index in [2.05, 4.69) is 23.1 Å². The van der Waals surface area contributed by atoms with Crippen LogP contribution in [-0.2, 0) is 13.1 Å². The Morgan fingerprint density at radius 2 is 2.00 bits per heavy atom. The van der Waals surface area contributed by atoms with Gasteiger partial charge in [0, 0.05) is 62.7 Å². The molecule has 0 spiro atoms. The van der Waals surface area contributed by atoms with Gasteiger partial charge in [0.15, 0.2) is 0 Å². The highest BCUT2D eigenvalue weighted by atomic mass is 35.5. The molecule has 2 aromatic rings. The molecule has 1 saturated heterocycles. The monoisotopic (exact) mass is 391 g/mol. The van der Waals surface area contributed by atoms with Crippen LogP contribution in [0.1, 0.15) is 28.5 Å². The van der Waals surface area contributed by atoms with Gasteiger partial charge in [0.05, 0.1) is 10.6 Å². The van der Waals surface area contributed by atoms with Crippen LogP contribution >= 0.6 is 11.6 Å². The molecule has 3 rings (SSSR count). The van der Waals surface area contributed by atoms with Crippen molar-refractivity contribution < 1.29 is 9.72 Å². The lowest BCUT2D eigenvalue weighted by molar-refractivity contribution is -0.384. The first kappa shape index (κ1) is 19.3. The normalized spacial score (nSPS) is 15.1. The number of hydrogen-bond acceptors (Lipinski definition) is 5. The summed E-state index contributed by atoms with van der Waals surface area (Å²) in [6.07, 6.45) is 2.07. The zero-order valence-electron chi connectivity index (χ0n) is 15.4. The predicted octanol–water partition coefficient (Wildman–Crippen LogP) is 2.73. The van der Waals surface area contributed by atoms with Crippen molar-refractivity contribution in [2.45, 2.75) is 26.9 Å². The fourth-order valence-corrected chi connectivity index (χ4v) is 3.38. The molecule has 144 valence electrons. The van der Waals surface area contributed by atoms with E-state index in [1.807, 2.05) is 11.6 Å². The third kappa shape index (κ3) is 4.28. The van der Waals surface area contributed by atoms with Crippen LogP contribution in [0.5, 0.6) is 0 Å². The molecule has 9 heteroatoms. The molecule has 0 saturated carbocycles. The van der Waals surface area contributed by atoms with E-state index in [1.54, 1.807) is 4.90 Å². The summed E-state index contributed by atoms with van der Waals surface area (Å²) in [4.78, 5) is 27.1. The molecule has 27 heavy (non-hydrogen) atoms. The zero-order chi connectivity index (χ0) is 19.6. The largest absolute Gasteiger partial charge is 0.336 e. The summed E-state index contributed by atoms with van der Waals surface area (Å²) in [5, 5.41) is 15.5. The maximum absolute atomic E-state index is 12.7. The van der Waals surface area contributed by atoms with Crippen LogP contribution in [0.2, 0.25) is 5.02 Å². The molecule has 1 amide bonds. The van der Waals surface area contributed by atoms with Gasteiger partial charge in [-0.3, -0.25) is 24.5 Å². The molecule has 0 bridgehead atoms. The molecule has 0 aliphatic carbocycles. The van der Waals surface area contributed by atoms with E-state index in [0.29, 0.717) is 18.7 Å². The Kier molecular flexibility index (Phi) is 5.76. The highest BCUT2D eigenvalue weighted by molar-refractivity contribution is 6.32. The minimum absolute atomic E-state index is 0.0318. The third-order valence-corrected chi connectivity index (χ3v) is 5.13. The second-order valence-corrected chi connectivity index (χ2v) is 6.99.